The van der Waals surface area contributed by atoms with E-state index in [1.807, 2.05) is 6.08 Å². The summed E-state index contributed by atoms with van der Waals surface area (Å²) in [7, 11) is 0. The average Bonchev–Trinajstić information content (AvgIpc) is 3.07. The molecule has 7 rings (SSSR count). The van der Waals surface area contributed by atoms with Crippen molar-refractivity contribution in [2.45, 2.75) is 38.0 Å². The molecular weight excluding hydrogens is 530 g/mol. The van der Waals surface area contributed by atoms with Gasteiger partial charge in [0.15, 0.2) is 0 Å². The standard InChI is InChI=1S/C31H26O.C8H9NO2/c32-29-18-15-24(19-21-9-3-1-4-10-21)26-16-17-27-25-14-8-7-13-23(25)20-28(30(27)31(26)29)22-11-5-2-6-12-22;1-2-11-8(10)7-4-3-5-9-6-7/h1-14,16-18,24,28,32H,15,19-20H2;3-6H,2H2,1H3. The Balaban J connectivity index is 0.000000254. The Morgan fingerprint density at radius 1 is 0.860 bits per heavy atom. The predicted molar refractivity (Wildman–Crippen MR) is 172 cm³/mol. The van der Waals surface area contributed by atoms with E-state index in [1.165, 1.54) is 45.1 Å². The van der Waals surface area contributed by atoms with Gasteiger partial charge in [-0.2, -0.15) is 0 Å². The van der Waals surface area contributed by atoms with E-state index in [0.717, 1.165) is 24.8 Å². The molecule has 0 amide bonds. The number of carbonyl (C=O) groups is 1. The summed E-state index contributed by atoms with van der Waals surface area (Å²) in [6, 6.07) is 38.2. The number of hydrogen-bond acceptors (Lipinski definition) is 4. The van der Waals surface area contributed by atoms with Crippen molar-refractivity contribution in [2.24, 2.45) is 0 Å². The largest absolute Gasteiger partial charge is 0.508 e. The van der Waals surface area contributed by atoms with Gasteiger partial charge in [-0.15, -0.1) is 0 Å². The Labute approximate surface area is 253 Å². The lowest BCUT2D eigenvalue weighted by atomic mass is 9.70. The summed E-state index contributed by atoms with van der Waals surface area (Å²) in [6.45, 7) is 2.17. The molecule has 0 fully saturated rings. The molecular formula is C39H35NO3. The molecule has 214 valence electrons. The third kappa shape index (κ3) is 6.00. The number of carbonyl (C=O) groups excluding carboxylic acids is 1. The van der Waals surface area contributed by atoms with Crippen molar-refractivity contribution in [1.29, 1.82) is 0 Å². The van der Waals surface area contributed by atoms with Crippen LogP contribution in [-0.2, 0) is 17.6 Å². The summed E-state index contributed by atoms with van der Waals surface area (Å²) in [5, 5.41) is 11.2. The second-order valence-electron chi connectivity index (χ2n) is 11.0. The Morgan fingerprint density at radius 2 is 1.60 bits per heavy atom. The van der Waals surface area contributed by atoms with Crippen molar-refractivity contribution in [3.05, 3.63) is 167 Å². The van der Waals surface area contributed by atoms with E-state index >= 15 is 0 Å². The van der Waals surface area contributed by atoms with Crippen LogP contribution in [-0.4, -0.2) is 22.7 Å². The molecule has 0 radical (unpaired) electrons. The third-order valence-electron chi connectivity index (χ3n) is 8.35. The SMILES string of the molecule is CCOC(=O)c1cccnc1.OC1=CCC(Cc2ccccc2)c2ccc3c(c21)C(c1ccccc1)Cc1ccccc1-3. The lowest BCUT2D eigenvalue weighted by Gasteiger charge is -2.34. The van der Waals surface area contributed by atoms with Gasteiger partial charge in [0, 0.05) is 23.9 Å². The number of pyridine rings is 1. The molecule has 0 saturated carbocycles. The van der Waals surface area contributed by atoms with Gasteiger partial charge in [0.25, 0.3) is 0 Å². The molecule has 0 aliphatic heterocycles. The van der Waals surface area contributed by atoms with Gasteiger partial charge in [-0.3, -0.25) is 4.98 Å². The number of hydrogen-bond donors (Lipinski definition) is 1. The van der Waals surface area contributed by atoms with Crippen LogP contribution >= 0.6 is 0 Å². The van der Waals surface area contributed by atoms with Crippen molar-refractivity contribution in [2.75, 3.05) is 6.61 Å². The van der Waals surface area contributed by atoms with E-state index in [1.54, 1.807) is 25.3 Å². The van der Waals surface area contributed by atoms with Gasteiger partial charge in [-0.1, -0.05) is 97.1 Å². The molecule has 0 saturated heterocycles. The van der Waals surface area contributed by atoms with Crippen LogP contribution in [0.4, 0.5) is 0 Å². The highest BCUT2D eigenvalue weighted by molar-refractivity contribution is 5.88. The summed E-state index contributed by atoms with van der Waals surface area (Å²) in [5.74, 6) is 0.742. The number of aliphatic hydroxyl groups is 1. The maximum atomic E-state index is 11.2. The molecule has 2 atom stereocenters. The molecule has 4 nitrogen and oxygen atoms in total. The van der Waals surface area contributed by atoms with Crippen LogP contribution in [0.25, 0.3) is 16.9 Å². The maximum Gasteiger partial charge on any atom is 0.339 e. The second-order valence-corrected chi connectivity index (χ2v) is 11.0. The molecule has 0 bridgehead atoms. The highest BCUT2D eigenvalue weighted by Crippen LogP contribution is 2.49. The number of rotatable bonds is 5. The van der Waals surface area contributed by atoms with Gasteiger partial charge in [0.05, 0.1) is 12.2 Å². The molecule has 1 aromatic heterocycles. The van der Waals surface area contributed by atoms with E-state index in [-0.39, 0.29) is 11.9 Å². The first-order valence-electron chi connectivity index (χ1n) is 14.9. The Hall–Kier alpha value is -4.96. The number of nitrogens with zero attached hydrogens (tertiary/aromatic N) is 1. The average molecular weight is 566 g/mol. The van der Waals surface area contributed by atoms with Crippen LogP contribution in [0.1, 0.15) is 68.9 Å². The van der Waals surface area contributed by atoms with Crippen LogP contribution in [0.3, 0.4) is 0 Å². The summed E-state index contributed by atoms with van der Waals surface area (Å²) in [6.07, 6.45) is 7.96. The van der Waals surface area contributed by atoms with Gasteiger partial charge in [-0.05, 0) is 89.3 Å². The fourth-order valence-corrected chi connectivity index (χ4v) is 6.38. The van der Waals surface area contributed by atoms with Crippen molar-refractivity contribution in [3.8, 4) is 11.1 Å². The third-order valence-corrected chi connectivity index (χ3v) is 8.35. The lowest BCUT2D eigenvalue weighted by molar-refractivity contribution is 0.0526. The zero-order valence-electron chi connectivity index (χ0n) is 24.3. The first kappa shape index (κ1) is 28.2. The molecule has 1 N–H and O–H groups in total. The summed E-state index contributed by atoms with van der Waals surface area (Å²) in [4.78, 5) is 14.8. The van der Waals surface area contributed by atoms with E-state index < -0.39 is 0 Å². The van der Waals surface area contributed by atoms with Crippen LogP contribution in [0.2, 0.25) is 0 Å². The monoisotopic (exact) mass is 565 g/mol. The maximum absolute atomic E-state index is 11.2. The van der Waals surface area contributed by atoms with Gasteiger partial charge in [-0.25, -0.2) is 4.79 Å². The number of ether oxygens (including phenoxy) is 1. The number of aliphatic hydroxyl groups excluding tert-OH is 1. The van der Waals surface area contributed by atoms with E-state index in [9.17, 15) is 9.90 Å². The lowest BCUT2D eigenvalue weighted by Crippen LogP contribution is -2.19. The van der Waals surface area contributed by atoms with Crippen molar-refractivity contribution < 1.29 is 14.6 Å². The highest BCUT2D eigenvalue weighted by atomic mass is 16.5. The van der Waals surface area contributed by atoms with Crippen LogP contribution in [0, 0.1) is 0 Å². The van der Waals surface area contributed by atoms with E-state index in [4.69, 9.17) is 4.74 Å². The topological polar surface area (TPSA) is 59.4 Å². The molecule has 1 heterocycles. The fraction of sp³-hybridized carbons (Fsp3) is 0.179. The van der Waals surface area contributed by atoms with Gasteiger partial charge in [0.2, 0.25) is 0 Å². The second kappa shape index (κ2) is 12.9. The van der Waals surface area contributed by atoms with Gasteiger partial charge in [0.1, 0.15) is 5.76 Å². The van der Waals surface area contributed by atoms with E-state index in [2.05, 4.69) is 102 Å². The fourth-order valence-electron chi connectivity index (χ4n) is 6.38. The molecule has 4 aromatic carbocycles. The smallest absolute Gasteiger partial charge is 0.339 e. The molecule has 2 unspecified atom stereocenters. The number of esters is 1. The first-order chi connectivity index (χ1) is 21.1. The predicted octanol–water partition coefficient (Wildman–Crippen LogP) is 8.93. The minimum absolute atomic E-state index is 0.238. The van der Waals surface area contributed by atoms with Gasteiger partial charge < -0.3 is 9.84 Å². The summed E-state index contributed by atoms with van der Waals surface area (Å²) in [5.41, 5.74) is 10.7. The summed E-state index contributed by atoms with van der Waals surface area (Å²) >= 11 is 0. The normalized spacial score (nSPS) is 16.3. The Morgan fingerprint density at radius 3 is 2.35 bits per heavy atom. The number of benzene rings is 4. The van der Waals surface area contributed by atoms with Gasteiger partial charge >= 0.3 is 5.97 Å². The molecule has 5 aromatic rings. The zero-order valence-corrected chi connectivity index (χ0v) is 24.3. The van der Waals surface area contributed by atoms with Crippen molar-refractivity contribution in [3.63, 3.8) is 0 Å². The molecule has 2 aliphatic carbocycles. The Bertz CT molecular complexity index is 1730. The number of allylic oxidation sites excluding steroid dienone is 1. The first-order valence-corrected chi connectivity index (χ1v) is 14.9. The van der Waals surface area contributed by atoms with Crippen LogP contribution < -0.4 is 0 Å². The number of fused-ring (bicyclic) bond motifs is 5. The quantitative estimate of drug-likeness (QED) is 0.216. The zero-order chi connectivity index (χ0) is 29.6. The van der Waals surface area contributed by atoms with Crippen molar-refractivity contribution in [1.82, 2.24) is 4.98 Å². The Kier molecular flexibility index (Phi) is 8.46. The molecule has 43 heavy (non-hydrogen) atoms. The van der Waals surface area contributed by atoms with E-state index in [0.29, 0.717) is 23.8 Å². The number of aromatic nitrogens is 1. The minimum atomic E-state index is -0.319. The van der Waals surface area contributed by atoms with Crippen LogP contribution in [0.15, 0.2) is 128 Å². The van der Waals surface area contributed by atoms with Crippen molar-refractivity contribution >= 4 is 11.7 Å². The molecule has 4 heteroatoms. The molecule has 0 spiro atoms. The highest BCUT2D eigenvalue weighted by Gasteiger charge is 2.33. The minimum Gasteiger partial charge on any atom is -0.508 e. The molecule has 2 aliphatic rings. The summed E-state index contributed by atoms with van der Waals surface area (Å²) < 4.78 is 4.75. The van der Waals surface area contributed by atoms with Crippen LogP contribution in [0.5, 0.6) is 0 Å².